The highest BCUT2D eigenvalue weighted by Gasteiger charge is 2.26. The number of phenols is 1. The molecule has 0 bridgehead atoms. The molecule has 0 saturated heterocycles. The summed E-state index contributed by atoms with van der Waals surface area (Å²) in [4.78, 5) is 104. The van der Waals surface area contributed by atoms with E-state index in [1.807, 2.05) is 19.1 Å². The summed E-state index contributed by atoms with van der Waals surface area (Å²) in [5.41, 5.74) is 28.3. The van der Waals surface area contributed by atoms with Crippen LogP contribution >= 0.6 is 0 Å². The second-order valence-electron chi connectivity index (χ2n) is 15.5. The van der Waals surface area contributed by atoms with E-state index in [9.17, 15) is 38.4 Å². The Morgan fingerprint density at radius 3 is 1.62 bits per heavy atom. The van der Waals surface area contributed by atoms with E-state index in [2.05, 4.69) is 43.8 Å². The quantitative estimate of drug-likeness (QED) is 0.0282. The molecule has 368 valence electrons. The number of unbranched alkanes of at least 4 members (excludes halogenated alkanes) is 2. The standard InChI is InChI=1S/C34H55N11O8.C7H8O.C4H11N/c1-21(2)31(51)23(11-6-7-15-35)43-29(49)19-42-33(53)25(17-22-9-4-3-5-10-22)45-30(50)20-41-32(52)24(12-8-16-39-34(37)38)44-28(48)18-40-27(47)14-13-26(36)46;1-6-2-4-7(8)5-3-6;1-2-3-4-5/h3-5,9-10,21,23-25H,6-8,11-20,35H2,1-2H3,(H2,36,46)(H,40,47)(H,41,52)(H,42,53)(H,43,49)(H,44,48)(H,45,50)(H4,37,38,39);2-5,8H,1H3;2-5H2,1H3. The third kappa shape index (κ3) is 30.5. The van der Waals surface area contributed by atoms with Crippen molar-refractivity contribution in [2.75, 3.05) is 39.3 Å². The SMILES string of the molecule is CC(C)C(=O)C(CCCCN)NC(=O)CNC(=O)C(Cc1ccccc1)NC(=O)CNC(=O)C(CCCN=C(N)N)NC(=O)CNC(=O)CCC(N)=O.CCCCN.Cc1ccc(O)cc1. The summed E-state index contributed by atoms with van der Waals surface area (Å²) in [5.74, 6) is -5.03. The van der Waals surface area contributed by atoms with Gasteiger partial charge in [0.1, 0.15) is 17.8 Å². The van der Waals surface area contributed by atoms with E-state index in [0.29, 0.717) is 37.1 Å². The highest BCUT2D eigenvalue weighted by molar-refractivity contribution is 5.95. The topological polar surface area (TPSA) is 371 Å². The highest BCUT2D eigenvalue weighted by atomic mass is 16.3. The second kappa shape index (κ2) is 35.7. The molecule has 21 nitrogen and oxygen atoms in total. The van der Waals surface area contributed by atoms with Crippen LogP contribution in [0.4, 0.5) is 0 Å². The molecule has 0 radical (unpaired) electrons. The maximum atomic E-state index is 13.3. The molecule has 0 spiro atoms. The molecular weight excluding hydrogens is 853 g/mol. The largest absolute Gasteiger partial charge is 0.508 e. The smallest absolute Gasteiger partial charge is 0.243 e. The predicted octanol–water partition coefficient (Wildman–Crippen LogP) is -0.849. The van der Waals surface area contributed by atoms with Crippen LogP contribution in [-0.2, 0) is 44.8 Å². The fraction of sp³-hybridized carbons (Fsp3) is 0.533. The number of aromatic hydroxyl groups is 1. The fourth-order valence-electron chi connectivity index (χ4n) is 5.58. The van der Waals surface area contributed by atoms with E-state index in [0.717, 1.165) is 6.54 Å². The van der Waals surface area contributed by atoms with Crippen molar-refractivity contribution in [3.63, 3.8) is 0 Å². The molecule has 66 heavy (non-hydrogen) atoms. The van der Waals surface area contributed by atoms with Crippen molar-refractivity contribution >= 4 is 53.1 Å². The number of aliphatic imine (C=N–C) groups is 1. The van der Waals surface area contributed by atoms with Crippen molar-refractivity contribution in [3.8, 4) is 5.75 Å². The zero-order chi connectivity index (χ0) is 49.9. The van der Waals surface area contributed by atoms with Crippen LogP contribution in [0.5, 0.6) is 5.75 Å². The number of rotatable bonds is 28. The molecule has 21 heteroatoms. The van der Waals surface area contributed by atoms with E-state index in [4.69, 9.17) is 33.8 Å². The summed E-state index contributed by atoms with van der Waals surface area (Å²) in [6.45, 7) is 7.49. The molecular formula is C45H74N12O9. The van der Waals surface area contributed by atoms with Gasteiger partial charge in [-0.25, -0.2) is 0 Å². The molecule has 17 N–H and O–H groups in total. The molecule has 2 aromatic carbocycles. The molecule has 7 amide bonds. The summed E-state index contributed by atoms with van der Waals surface area (Å²) in [6, 6.07) is 12.8. The summed E-state index contributed by atoms with van der Waals surface area (Å²) >= 11 is 0. The predicted molar refractivity (Wildman–Crippen MR) is 253 cm³/mol. The number of ketones is 1. The van der Waals surface area contributed by atoms with Gasteiger partial charge >= 0.3 is 0 Å². The van der Waals surface area contributed by atoms with Crippen molar-refractivity contribution in [2.24, 2.45) is 39.6 Å². The Bertz CT molecular complexity index is 1790. The number of primary amides is 1. The maximum absolute atomic E-state index is 13.3. The second-order valence-corrected chi connectivity index (χ2v) is 15.5. The first-order valence-electron chi connectivity index (χ1n) is 22.1. The number of phenolic OH excluding ortho intramolecular Hbond substituents is 1. The molecule has 3 atom stereocenters. The molecule has 3 unspecified atom stereocenters. The average molecular weight is 927 g/mol. The zero-order valence-electron chi connectivity index (χ0n) is 38.9. The number of hydrogen-bond donors (Lipinski definition) is 12. The van der Waals surface area contributed by atoms with Crippen LogP contribution < -0.4 is 60.6 Å². The van der Waals surface area contributed by atoms with Gasteiger partial charge in [0.2, 0.25) is 41.4 Å². The Balaban J connectivity index is 0.00000278. The van der Waals surface area contributed by atoms with Gasteiger partial charge in [-0.15, -0.1) is 0 Å². The molecule has 2 rings (SSSR count). The number of amides is 7. The summed E-state index contributed by atoms with van der Waals surface area (Å²) < 4.78 is 0. The number of Topliss-reactive ketones (excluding diaryl/α,β-unsaturated/α-hetero) is 1. The van der Waals surface area contributed by atoms with Gasteiger partial charge in [-0.1, -0.05) is 75.2 Å². The van der Waals surface area contributed by atoms with Crippen LogP contribution in [-0.4, -0.2) is 116 Å². The monoisotopic (exact) mass is 927 g/mol. The van der Waals surface area contributed by atoms with E-state index < -0.39 is 79.1 Å². The number of aryl methyl sites for hydroxylation is 1. The Morgan fingerprint density at radius 2 is 1.14 bits per heavy atom. The Morgan fingerprint density at radius 1 is 0.621 bits per heavy atom. The molecule has 0 aliphatic rings. The summed E-state index contributed by atoms with van der Waals surface area (Å²) in [6.07, 6.45) is 4.07. The van der Waals surface area contributed by atoms with Gasteiger partial charge in [0.05, 0.1) is 25.7 Å². The van der Waals surface area contributed by atoms with Crippen LogP contribution in [0.3, 0.4) is 0 Å². The lowest BCUT2D eigenvalue weighted by molar-refractivity contribution is -0.132. The number of carbonyl (C=O) groups is 8. The van der Waals surface area contributed by atoms with Crippen LogP contribution in [0.25, 0.3) is 0 Å². The number of carbonyl (C=O) groups excluding carboxylic acids is 8. The first-order valence-corrected chi connectivity index (χ1v) is 22.1. The number of nitrogens with two attached hydrogens (primary N) is 5. The lowest BCUT2D eigenvalue weighted by Crippen LogP contribution is -2.54. The van der Waals surface area contributed by atoms with E-state index >= 15 is 0 Å². The minimum atomic E-state index is -1.16. The van der Waals surface area contributed by atoms with Gasteiger partial charge in [-0.2, -0.15) is 0 Å². The lowest BCUT2D eigenvalue weighted by Gasteiger charge is -2.22. The van der Waals surface area contributed by atoms with Crippen LogP contribution in [0.2, 0.25) is 0 Å². The number of nitrogens with one attached hydrogen (secondary N) is 6. The normalized spacial score (nSPS) is 11.6. The fourth-order valence-corrected chi connectivity index (χ4v) is 5.58. The molecule has 0 aliphatic heterocycles. The molecule has 0 aromatic heterocycles. The van der Waals surface area contributed by atoms with Crippen LogP contribution in [0.1, 0.15) is 89.7 Å². The maximum Gasteiger partial charge on any atom is 0.243 e. The van der Waals surface area contributed by atoms with Crippen molar-refractivity contribution in [1.29, 1.82) is 0 Å². The Labute approximate surface area is 388 Å². The summed E-state index contributed by atoms with van der Waals surface area (Å²) in [5, 5.41) is 23.8. The lowest BCUT2D eigenvalue weighted by atomic mass is 9.97. The Hall–Kier alpha value is -6.61. The zero-order valence-corrected chi connectivity index (χ0v) is 38.9. The van der Waals surface area contributed by atoms with Gasteiger partial charge in [0, 0.05) is 31.7 Å². The minimum absolute atomic E-state index is 0.0517. The van der Waals surface area contributed by atoms with E-state index in [1.165, 1.54) is 18.4 Å². The van der Waals surface area contributed by atoms with E-state index in [-0.39, 0.29) is 56.3 Å². The molecule has 0 aliphatic carbocycles. The number of hydrogen-bond acceptors (Lipinski definition) is 12. The molecule has 0 heterocycles. The van der Waals surface area contributed by atoms with Crippen molar-refractivity contribution in [3.05, 3.63) is 65.7 Å². The molecule has 0 saturated carbocycles. The van der Waals surface area contributed by atoms with Gasteiger partial charge in [0.15, 0.2) is 11.7 Å². The highest BCUT2D eigenvalue weighted by Crippen LogP contribution is 2.09. The number of benzene rings is 2. The van der Waals surface area contributed by atoms with E-state index in [1.54, 1.807) is 56.3 Å². The first-order chi connectivity index (χ1) is 31.3. The van der Waals surface area contributed by atoms with Crippen LogP contribution in [0.15, 0.2) is 59.6 Å². The van der Waals surface area contributed by atoms with Crippen molar-refractivity contribution in [2.45, 2.75) is 110 Å². The average Bonchev–Trinajstić information content (AvgIpc) is 3.28. The van der Waals surface area contributed by atoms with Gasteiger partial charge in [0.25, 0.3) is 0 Å². The summed E-state index contributed by atoms with van der Waals surface area (Å²) in [7, 11) is 0. The van der Waals surface area contributed by atoms with Gasteiger partial charge < -0.3 is 65.7 Å². The third-order valence-electron chi connectivity index (χ3n) is 9.21. The molecule has 2 aromatic rings. The van der Waals surface area contributed by atoms with Gasteiger partial charge in [-0.3, -0.25) is 43.3 Å². The minimum Gasteiger partial charge on any atom is -0.508 e. The van der Waals surface area contributed by atoms with Gasteiger partial charge in [-0.05, 0) is 76.2 Å². The molecule has 0 fully saturated rings. The third-order valence-corrected chi connectivity index (χ3v) is 9.21. The van der Waals surface area contributed by atoms with Crippen molar-refractivity contribution < 1.29 is 43.5 Å². The van der Waals surface area contributed by atoms with Crippen molar-refractivity contribution in [1.82, 2.24) is 31.9 Å². The number of nitrogens with zero attached hydrogens (tertiary/aromatic N) is 1. The first kappa shape index (κ1) is 59.4. The van der Waals surface area contributed by atoms with Crippen LogP contribution in [0, 0.1) is 12.8 Å². The Kier molecular flexibility index (Phi) is 32.1. The number of guanidine groups is 1.